The minimum Gasteiger partial charge on any atom is -0.466 e. The summed E-state index contributed by atoms with van der Waals surface area (Å²) in [7, 11) is 0. The van der Waals surface area contributed by atoms with Gasteiger partial charge in [-0.3, -0.25) is 19.0 Å². The average molecular weight is 361 g/mol. The summed E-state index contributed by atoms with van der Waals surface area (Å²) in [6, 6.07) is 0. The van der Waals surface area contributed by atoms with Crippen LogP contribution < -0.4 is 0 Å². The van der Waals surface area contributed by atoms with E-state index < -0.39 is 0 Å². The maximum atomic E-state index is 12.5. The van der Waals surface area contributed by atoms with Gasteiger partial charge in [0.25, 0.3) is 0 Å². The Bertz CT molecular complexity index is 786. The van der Waals surface area contributed by atoms with Crippen molar-refractivity contribution in [1.29, 1.82) is 0 Å². The fraction of sp³-hybridized carbons (Fsp3) is 0.667. The Hall–Kier alpha value is -2.38. The summed E-state index contributed by atoms with van der Waals surface area (Å²) in [5.41, 5.74) is 2.94. The number of likely N-dealkylation sites (tertiary alicyclic amines) is 1. The lowest BCUT2D eigenvalue weighted by Gasteiger charge is -2.31. The number of rotatable bonds is 6. The molecule has 1 saturated heterocycles. The van der Waals surface area contributed by atoms with Crippen LogP contribution in [-0.2, 0) is 27.4 Å². The molecule has 0 radical (unpaired) electrons. The van der Waals surface area contributed by atoms with Gasteiger partial charge in [0.15, 0.2) is 0 Å². The Morgan fingerprint density at radius 1 is 1.23 bits per heavy atom. The third-order valence-electron chi connectivity index (χ3n) is 5.02. The van der Waals surface area contributed by atoms with Gasteiger partial charge in [-0.15, -0.1) is 0 Å². The van der Waals surface area contributed by atoms with Gasteiger partial charge in [0.05, 0.1) is 31.0 Å². The van der Waals surface area contributed by atoms with Crippen LogP contribution in [0.1, 0.15) is 38.8 Å². The lowest BCUT2D eigenvalue weighted by Crippen LogP contribution is -2.40. The van der Waals surface area contributed by atoms with Gasteiger partial charge in [0, 0.05) is 26.1 Å². The zero-order chi connectivity index (χ0) is 18.7. The first-order chi connectivity index (χ1) is 12.5. The van der Waals surface area contributed by atoms with Crippen LogP contribution in [0.25, 0.3) is 11.0 Å². The monoisotopic (exact) mass is 361 g/mol. The number of amides is 1. The highest BCUT2D eigenvalue weighted by atomic mass is 16.5. The third kappa shape index (κ3) is 3.59. The van der Waals surface area contributed by atoms with E-state index in [-0.39, 0.29) is 17.8 Å². The van der Waals surface area contributed by atoms with E-state index in [4.69, 9.17) is 4.74 Å². The predicted octanol–water partition coefficient (Wildman–Crippen LogP) is 1.75. The van der Waals surface area contributed by atoms with Gasteiger partial charge in [-0.2, -0.15) is 10.2 Å². The molecule has 0 unspecified atom stereocenters. The second kappa shape index (κ2) is 7.88. The van der Waals surface area contributed by atoms with Crippen LogP contribution in [0, 0.1) is 12.8 Å². The molecule has 1 aliphatic heterocycles. The fourth-order valence-corrected chi connectivity index (χ4v) is 3.61. The Kier molecular flexibility index (Phi) is 5.58. The zero-order valence-corrected chi connectivity index (χ0v) is 15.8. The highest BCUT2D eigenvalue weighted by Crippen LogP contribution is 2.21. The SMILES string of the molecule is CCOC(=O)C1CCN(C(=O)CCn2ncc3c2c(C)nn3CC)CC1. The smallest absolute Gasteiger partial charge is 0.309 e. The number of aryl methyl sites for hydroxylation is 3. The van der Waals surface area contributed by atoms with Gasteiger partial charge in [-0.1, -0.05) is 0 Å². The molecular weight excluding hydrogens is 334 g/mol. The van der Waals surface area contributed by atoms with Crippen LogP contribution in [0.2, 0.25) is 0 Å². The highest BCUT2D eigenvalue weighted by molar-refractivity contribution is 5.79. The zero-order valence-electron chi connectivity index (χ0n) is 15.8. The molecule has 0 spiro atoms. The van der Waals surface area contributed by atoms with Gasteiger partial charge in [0.2, 0.25) is 5.91 Å². The minimum absolute atomic E-state index is 0.0766. The van der Waals surface area contributed by atoms with Crippen molar-refractivity contribution in [3.05, 3.63) is 11.9 Å². The highest BCUT2D eigenvalue weighted by Gasteiger charge is 2.28. The number of carbonyl (C=O) groups is 2. The van der Waals surface area contributed by atoms with Crippen molar-refractivity contribution in [2.24, 2.45) is 5.92 Å². The molecule has 1 aliphatic rings. The van der Waals surface area contributed by atoms with E-state index >= 15 is 0 Å². The first-order valence-corrected chi connectivity index (χ1v) is 9.38. The molecule has 8 nitrogen and oxygen atoms in total. The number of aromatic nitrogens is 4. The lowest BCUT2D eigenvalue weighted by atomic mass is 9.97. The predicted molar refractivity (Wildman–Crippen MR) is 96.5 cm³/mol. The van der Waals surface area contributed by atoms with Crippen molar-refractivity contribution in [3.8, 4) is 0 Å². The van der Waals surface area contributed by atoms with E-state index in [0.717, 1.165) is 23.3 Å². The third-order valence-corrected chi connectivity index (χ3v) is 5.02. The molecule has 0 saturated carbocycles. The molecule has 26 heavy (non-hydrogen) atoms. The molecule has 2 aromatic rings. The summed E-state index contributed by atoms with van der Waals surface area (Å²) in [6.45, 7) is 8.80. The average Bonchev–Trinajstić information content (AvgIpc) is 3.21. The van der Waals surface area contributed by atoms with Crippen LogP contribution in [-0.4, -0.2) is 56.0 Å². The van der Waals surface area contributed by atoms with E-state index in [0.29, 0.717) is 45.5 Å². The fourth-order valence-electron chi connectivity index (χ4n) is 3.61. The van der Waals surface area contributed by atoms with Gasteiger partial charge in [0.1, 0.15) is 11.0 Å². The van der Waals surface area contributed by atoms with E-state index in [9.17, 15) is 9.59 Å². The summed E-state index contributed by atoms with van der Waals surface area (Å²) < 4.78 is 8.87. The summed E-state index contributed by atoms with van der Waals surface area (Å²) >= 11 is 0. The topological polar surface area (TPSA) is 82.2 Å². The van der Waals surface area contributed by atoms with Crippen LogP contribution in [0.3, 0.4) is 0 Å². The number of piperidine rings is 1. The van der Waals surface area contributed by atoms with Crippen molar-refractivity contribution in [2.75, 3.05) is 19.7 Å². The van der Waals surface area contributed by atoms with Crippen molar-refractivity contribution >= 4 is 22.9 Å². The van der Waals surface area contributed by atoms with Crippen LogP contribution in [0.5, 0.6) is 0 Å². The molecule has 2 aromatic heterocycles. The molecule has 0 N–H and O–H groups in total. The van der Waals surface area contributed by atoms with E-state index in [1.165, 1.54) is 0 Å². The van der Waals surface area contributed by atoms with Crippen LogP contribution in [0.15, 0.2) is 6.20 Å². The number of ether oxygens (including phenoxy) is 1. The molecule has 142 valence electrons. The minimum atomic E-state index is -0.137. The molecule has 0 aliphatic carbocycles. The summed E-state index contributed by atoms with van der Waals surface area (Å²) in [5.74, 6) is -0.106. The molecule has 0 atom stereocenters. The molecule has 3 heterocycles. The Balaban J connectivity index is 1.55. The molecule has 0 bridgehead atoms. The number of carbonyl (C=O) groups excluding carboxylic acids is 2. The summed E-state index contributed by atoms with van der Waals surface area (Å²) in [5, 5.41) is 8.92. The Labute approximate surface area is 153 Å². The van der Waals surface area contributed by atoms with Gasteiger partial charge >= 0.3 is 5.97 Å². The first kappa shape index (κ1) is 18.4. The molecule has 0 aromatic carbocycles. The Morgan fingerprint density at radius 2 is 1.96 bits per heavy atom. The van der Waals surface area contributed by atoms with E-state index in [1.807, 2.05) is 41.2 Å². The second-order valence-electron chi connectivity index (χ2n) is 6.66. The quantitative estimate of drug-likeness (QED) is 0.732. The second-order valence-corrected chi connectivity index (χ2v) is 6.66. The molecule has 1 amide bonds. The van der Waals surface area contributed by atoms with Crippen LogP contribution >= 0.6 is 0 Å². The molecular formula is C18H27N5O3. The number of esters is 1. The normalized spacial score (nSPS) is 15.6. The first-order valence-electron chi connectivity index (χ1n) is 9.38. The molecule has 3 rings (SSSR count). The largest absolute Gasteiger partial charge is 0.466 e. The standard InChI is InChI=1S/C18H27N5O3/c1-4-22-15-12-19-23(17(15)13(3)20-22)11-8-16(24)21-9-6-14(7-10-21)18(25)26-5-2/h12,14H,4-11H2,1-3H3. The molecule has 1 fully saturated rings. The van der Waals surface area contributed by atoms with Crippen molar-refractivity contribution in [1.82, 2.24) is 24.5 Å². The van der Waals surface area contributed by atoms with Gasteiger partial charge in [-0.05, 0) is 33.6 Å². The van der Waals surface area contributed by atoms with Gasteiger partial charge in [-0.25, -0.2) is 0 Å². The number of hydrogen-bond acceptors (Lipinski definition) is 5. The van der Waals surface area contributed by atoms with Crippen molar-refractivity contribution in [2.45, 2.75) is 53.1 Å². The van der Waals surface area contributed by atoms with Crippen molar-refractivity contribution in [3.63, 3.8) is 0 Å². The number of fused-ring (bicyclic) bond motifs is 1. The maximum Gasteiger partial charge on any atom is 0.309 e. The lowest BCUT2D eigenvalue weighted by molar-refractivity contribution is -0.151. The van der Waals surface area contributed by atoms with Crippen LogP contribution in [0.4, 0.5) is 0 Å². The Morgan fingerprint density at radius 3 is 2.62 bits per heavy atom. The number of hydrogen-bond donors (Lipinski definition) is 0. The molecule has 8 heteroatoms. The number of nitrogens with zero attached hydrogens (tertiary/aromatic N) is 5. The maximum absolute atomic E-state index is 12.5. The summed E-state index contributed by atoms with van der Waals surface area (Å²) in [4.78, 5) is 26.2. The summed E-state index contributed by atoms with van der Waals surface area (Å²) in [6.07, 6.45) is 3.57. The van der Waals surface area contributed by atoms with E-state index in [1.54, 1.807) is 0 Å². The van der Waals surface area contributed by atoms with Gasteiger partial charge < -0.3 is 9.64 Å². The van der Waals surface area contributed by atoms with Crippen molar-refractivity contribution < 1.29 is 14.3 Å². The van der Waals surface area contributed by atoms with E-state index in [2.05, 4.69) is 10.2 Å².